The average molecular weight is 775 g/mol. The van der Waals surface area contributed by atoms with Crippen molar-refractivity contribution >= 4 is 20.0 Å². The van der Waals surface area contributed by atoms with E-state index in [4.69, 9.17) is 0 Å². The number of hydrogen-bond acceptors (Lipinski definition) is 8. The summed E-state index contributed by atoms with van der Waals surface area (Å²) < 4.78 is 59.1. The van der Waals surface area contributed by atoms with Crippen LogP contribution in [0.3, 0.4) is 0 Å². The first-order valence-electron chi connectivity index (χ1n) is 18.7. The minimum absolute atomic E-state index is 0.316. The number of rotatable bonds is 4. The zero-order valence-electron chi connectivity index (χ0n) is 32.9. The Bertz CT molecular complexity index is 1820. The summed E-state index contributed by atoms with van der Waals surface area (Å²) in [7, 11) is 0.705. The molecule has 54 heavy (non-hydrogen) atoms. The van der Waals surface area contributed by atoms with Gasteiger partial charge in [0, 0.05) is 78.5 Å². The molecule has 1 heterocycles. The van der Waals surface area contributed by atoms with Gasteiger partial charge in [0.05, 0.1) is 9.79 Å². The van der Waals surface area contributed by atoms with Crippen molar-refractivity contribution in [2.75, 3.05) is 80.5 Å². The second-order valence-electron chi connectivity index (χ2n) is 15.0. The summed E-state index contributed by atoms with van der Waals surface area (Å²) in [5.41, 5.74) is 6.59. The summed E-state index contributed by atoms with van der Waals surface area (Å²) in [5.74, 6) is 0. The smallest absolute Gasteiger partial charge is 0.243 e. The molecular weight excluding hydrogens is 717 g/mol. The van der Waals surface area contributed by atoms with Crippen molar-refractivity contribution in [3.63, 3.8) is 0 Å². The molecule has 0 aromatic heterocycles. The zero-order chi connectivity index (χ0) is 38.9. The summed E-state index contributed by atoms with van der Waals surface area (Å²) >= 11 is 0. The van der Waals surface area contributed by atoms with Crippen molar-refractivity contribution in [2.24, 2.45) is 0 Å². The molecule has 1 aliphatic rings. The quantitative estimate of drug-likeness (QED) is 0.283. The van der Waals surface area contributed by atoms with Gasteiger partial charge in [-0.1, -0.05) is 83.9 Å². The summed E-state index contributed by atoms with van der Waals surface area (Å²) in [6.07, 6.45) is 0. The molecule has 4 aromatic rings. The Morgan fingerprint density at radius 1 is 0.389 bits per heavy atom. The molecule has 0 fully saturated rings. The lowest BCUT2D eigenvalue weighted by atomic mass is 10.1. The van der Waals surface area contributed by atoms with Gasteiger partial charge >= 0.3 is 0 Å². The van der Waals surface area contributed by atoms with Crippen LogP contribution in [0.25, 0.3) is 0 Å². The van der Waals surface area contributed by atoms with Gasteiger partial charge in [-0.15, -0.1) is 0 Å². The van der Waals surface area contributed by atoms with Crippen LogP contribution in [0, 0.1) is 13.8 Å². The number of nitrogens with zero attached hydrogens (tertiary/aromatic N) is 6. The van der Waals surface area contributed by atoms with Gasteiger partial charge < -0.3 is 19.6 Å². The van der Waals surface area contributed by atoms with Gasteiger partial charge in [-0.05, 0) is 88.6 Å². The fourth-order valence-electron chi connectivity index (χ4n) is 6.77. The van der Waals surface area contributed by atoms with E-state index in [-0.39, 0.29) is 0 Å². The summed E-state index contributed by atoms with van der Waals surface area (Å²) in [6, 6.07) is 31.1. The number of aryl methyl sites for hydroxylation is 2. The highest BCUT2D eigenvalue weighted by Crippen LogP contribution is 2.20. The Balaban J connectivity index is 1.39. The van der Waals surface area contributed by atoms with Crippen LogP contribution >= 0.6 is 0 Å². The molecular formula is C42H58N6O4S2. The highest BCUT2D eigenvalue weighted by molar-refractivity contribution is 7.89. The molecule has 292 valence electrons. The normalized spacial score (nSPS) is 18.6. The summed E-state index contributed by atoms with van der Waals surface area (Å²) in [4.78, 5) is 9.29. The van der Waals surface area contributed by atoms with E-state index in [2.05, 4.69) is 68.1 Å². The zero-order valence-corrected chi connectivity index (χ0v) is 34.5. The number of likely N-dealkylation sites (N-methyl/N-ethyl adjacent to an activating group) is 4. The largest absolute Gasteiger partial charge is 0.301 e. The maximum atomic E-state index is 14.0. The number of benzene rings is 4. The molecule has 12 heteroatoms. The number of fused-ring (bicyclic) bond motifs is 4. The van der Waals surface area contributed by atoms with Crippen molar-refractivity contribution in [3.8, 4) is 0 Å². The fourth-order valence-corrected chi connectivity index (χ4v) is 9.61. The standard InChI is InChI=1S/C42H58N6O4S2/c1-35-13-17-41(18-14-35)53(49,50)47-25-21-43(3)31-37-9-7-11-39(29-37)33-45(5)23-27-48(54(51,52)42-19-15-36(2)16-20-42)28-24-46(6)34-40-12-8-10-38(30-40)32-44(4)22-26-47/h7-20,29-30H,21-28,31-34H2,1-6H3. The summed E-state index contributed by atoms with van der Waals surface area (Å²) in [5, 5.41) is 0. The summed E-state index contributed by atoms with van der Waals surface area (Å²) in [6.45, 7) is 10.3. The Labute approximate surface area is 324 Å². The van der Waals surface area contributed by atoms with Crippen LogP contribution in [0.1, 0.15) is 33.4 Å². The van der Waals surface area contributed by atoms with Crippen molar-refractivity contribution in [1.29, 1.82) is 0 Å². The maximum Gasteiger partial charge on any atom is 0.243 e. The van der Waals surface area contributed by atoms with E-state index in [0.29, 0.717) is 88.3 Å². The third-order valence-electron chi connectivity index (χ3n) is 10.0. The second-order valence-corrected chi connectivity index (χ2v) is 18.9. The molecule has 0 aliphatic carbocycles. The number of hydrogen-bond donors (Lipinski definition) is 0. The highest BCUT2D eigenvalue weighted by Gasteiger charge is 2.26. The highest BCUT2D eigenvalue weighted by atomic mass is 32.2. The first-order valence-corrected chi connectivity index (χ1v) is 21.6. The lowest BCUT2D eigenvalue weighted by molar-refractivity contribution is 0.253. The molecule has 5 rings (SSSR count). The van der Waals surface area contributed by atoms with Crippen molar-refractivity contribution < 1.29 is 16.8 Å². The second kappa shape index (κ2) is 18.9. The fraction of sp³-hybridized carbons (Fsp3) is 0.429. The van der Waals surface area contributed by atoms with Crippen molar-refractivity contribution in [3.05, 3.63) is 130 Å². The maximum absolute atomic E-state index is 14.0. The van der Waals surface area contributed by atoms with Gasteiger partial charge in [-0.3, -0.25) is 0 Å². The molecule has 4 aromatic carbocycles. The van der Waals surface area contributed by atoms with E-state index >= 15 is 0 Å². The molecule has 1 aliphatic heterocycles. The van der Waals surface area contributed by atoms with Crippen LogP contribution in [-0.4, -0.2) is 126 Å². The average Bonchev–Trinajstić information content (AvgIpc) is 3.11. The van der Waals surface area contributed by atoms with E-state index in [0.717, 1.165) is 33.4 Å². The lowest BCUT2D eigenvalue weighted by Gasteiger charge is -2.28. The lowest BCUT2D eigenvalue weighted by Crippen LogP contribution is -2.41. The van der Waals surface area contributed by atoms with Gasteiger partial charge in [-0.2, -0.15) is 8.61 Å². The first-order chi connectivity index (χ1) is 25.7. The third kappa shape index (κ3) is 11.8. The van der Waals surface area contributed by atoms with Crippen molar-refractivity contribution in [2.45, 2.75) is 49.8 Å². The van der Waals surface area contributed by atoms with E-state index in [1.807, 2.05) is 66.3 Å². The van der Waals surface area contributed by atoms with E-state index < -0.39 is 20.0 Å². The molecule has 4 bridgehead atoms. The SMILES string of the molecule is Cc1ccc(S(=O)(=O)N2CCN(C)Cc3cccc(c3)CN(C)CCN(S(=O)(=O)c3ccc(C)cc3)CCN(C)Cc3cccc(c3)CN(C)CC2)cc1. The van der Waals surface area contributed by atoms with Crippen LogP contribution < -0.4 is 0 Å². The van der Waals surface area contributed by atoms with E-state index in [1.54, 1.807) is 32.9 Å². The van der Waals surface area contributed by atoms with Crippen LogP contribution in [0.15, 0.2) is 107 Å². The van der Waals surface area contributed by atoms with E-state index in [9.17, 15) is 16.8 Å². The van der Waals surface area contributed by atoms with Gasteiger partial charge in [0.2, 0.25) is 20.0 Å². The van der Waals surface area contributed by atoms with Crippen LogP contribution in [0.2, 0.25) is 0 Å². The van der Waals surface area contributed by atoms with Gasteiger partial charge in [0.25, 0.3) is 0 Å². The molecule has 0 unspecified atom stereocenters. The minimum Gasteiger partial charge on any atom is -0.301 e. The van der Waals surface area contributed by atoms with Gasteiger partial charge in [0.15, 0.2) is 0 Å². The molecule has 0 saturated carbocycles. The Morgan fingerprint density at radius 2 is 0.648 bits per heavy atom. The topological polar surface area (TPSA) is 87.7 Å². The predicted molar refractivity (Wildman–Crippen MR) is 218 cm³/mol. The molecule has 0 saturated heterocycles. The third-order valence-corrected chi connectivity index (χ3v) is 13.9. The Morgan fingerprint density at radius 3 is 0.907 bits per heavy atom. The Kier molecular flexibility index (Phi) is 14.6. The molecule has 0 N–H and O–H groups in total. The van der Waals surface area contributed by atoms with Crippen molar-refractivity contribution in [1.82, 2.24) is 28.2 Å². The predicted octanol–water partition coefficient (Wildman–Crippen LogP) is 5.13. The van der Waals surface area contributed by atoms with Crippen LogP contribution in [0.4, 0.5) is 0 Å². The van der Waals surface area contributed by atoms with Gasteiger partial charge in [0.1, 0.15) is 0 Å². The molecule has 0 radical (unpaired) electrons. The van der Waals surface area contributed by atoms with E-state index in [1.165, 1.54) is 0 Å². The minimum atomic E-state index is -3.70. The van der Waals surface area contributed by atoms with Crippen LogP contribution in [-0.2, 0) is 46.2 Å². The molecule has 0 amide bonds. The van der Waals surface area contributed by atoms with Gasteiger partial charge in [-0.25, -0.2) is 16.8 Å². The molecule has 10 nitrogen and oxygen atoms in total. The Hall–Kier alpha value is -3.46. The number of sulfonamides is 2. The first kappa shape index (κ1) is 41.7. The van der Waals surface area contributed by atoms with Crippen LogP contribution in [0.5, 0.6) is 0 Å². The molecule has 0 spiro atoms. The monoisotopic (exact) mass is 774 g/mol. The molecule has 0 atom stereocenters.